The summed E-state index contributed by atoms with van der Waals surface area (Å²) >= 11 is 0. The van der Waals surface area contributed by atoms with Crippen molar-refractivity contribution in [3.05, 3.63) is 0 Å². The molecular weight excluding hydrogens is 204 g/mol. The molecule has 2 saturated heterocycles. The number of likely N-dealkylation sites (N-methyl/N-ethyl adjacent to an activating group) is 1. The molecule has 92 valence electrons. The Kier molecular flexibility index (Phi) is 3.82. The van der Waals surface area contributed by atoms with Crippen molar-refractivity contribution >= 4 is 5.91 Å². The van der Waals surface area contributed by atoms with Crippen molar-refractivity contribution in [3.63, 3.8) is 0 Å². The minimum absolute atomic E-state index is 0.0337. The summed E-state index contributed by atoms with van der Waals surface area (Å²) in [5, 5.41) is 3.10. The molecule has 4 heteroatoms. The number of amides is 1. The SMILES string of the molecule is CNC1CCCN(CC2CCOC2C)C1=O. The van der Waals surface area contributed by atoms with Gasteiger partial charge in [-0.3, -0.25) is 4.79 Å². The number of carbonyl (C=O) groups excluding carboxylic acids is 1. The number of rotatable bonds is 3. The molecule has 3 unspecified atom stereocenters. The molecule has 0 aliphatic carbocycles. The molecule has 4 nitrogen and oxygen atoms in total. The monoisotopic (exact) mass is 226 g/mol. The molecule has 3 atom stereocenters. The first kappa shape index (κ1) is 11.9. The first-order chi connectivity index (χ1) is 7.72. The zero-order chi connectivity index (χ0) is 11.5. The minimum atomic E-state index is 0.0337. The number of likely N-dealkylation sites (tertiary alicyclic amines) is 1. The summed E-state index contributed by atoms with van der Waals surface area (Å²) in [6, 6.07) is 0.0337. The molecule has 0 aromatic carbocycles. The second-order valence-corrected chi connectivity index (χ2v) is 4.89. The van der Waals surface area contributed by atoms with Gasteiger partial charge < -0.3 is 15.0 Å². The molecule has 16 heavy (non-hydrogen) atoms. The molecule has 2 fully saturated rings. The van der Waals surface area contributed by atoms with E-state index in [1.165, 1.54) is 0 Å². The number of nitrogens with one attached hydrogen (secondary N) is 1. The van der Waals surface area contributed by atoms with Crippen molar-refractivity contribution < 1.29 is 9.53 Å². The molecule has 2 aliphatic rings. The maximum absolute atomic E-state index is 12.1. The molecule has 2 heterocycles. The van der Waals surface area contributed by atoms with Crippen LogP contribution < -0.4 is 5.32 Å². The minimum Gasteiger partial charge on any atom is -0.378 e. The highest BCUT2D eigenvalue weighted by Gasteiger charge is 2.32. The van der Waals surface area contributed by atoms with Crippen molar-refractivity contribution in [3.8, 4) is 0 Å². The second kappa shape index (κ2) is 5.15. The van der Waals surface area contributed by atoms with Gasteiger partial charge in [0.2, 0.25) is 5.91 Å². The molecule has 1 N–H and O–H groups in total. The van der Waals surface area contributed by atoms with Gasteiger partial charge in [0.25, 0.3) is 0 Å². The molecule has 0 aromatic heterocycles. The van der Waals surface area contributed by atoms with E-state index in [1.54, 1.807) is 0 Å². The van der Waals surface area contributed by atoms with Gasteiger partial charge in [0.1, 0.15) is 0 Å². The average molecular weight is 226 g/mol. The number of hydrogen-bond acceptors (Lipinski definition) is 3. The Hall–Kier alpha value is -0.610. The summed E-state index contributed by atoms with van der Waals surface area (Å²) in [5.41, 5.74) is 0. The molecule has 2 aliphatic heterocycles. The fourth-order valence-corrected chi connectivity index (χ4v) is 2.69. The molecule has 2 rings (SSSR count). The van der Waals surface area contributed by atoms with E-state index >= 15 is 0 Å². The number of nitrogens with zero attached hydrogens (tertiary/aromatic N) is 1. The highest BCUT2D eigenvalue weighted by atomic mass is 16.5. The lowest BCUT2D eigenvalue weighted by atomic mass is 9.98. The first-order valence-corrected chi connectivity index (χ1v) is 6.30. The average Bonchev–Trinajstić information content (AvgIpc) is 2.68. The Morgan fingerprint density at radius 2 is 2.31 bits per heavy atom. The van der Waals surface area contributed by atoms with Crippen molar-refractivity contribution in [2.24, 2.45) is 5.92 Å². The third kappa shape index (κ3) is 2.38. The van der Waals surface area contributed by atoms with Gasteiger partial charge >= 0.3 is 0 Å². The molecule has 1 amide bonds. The van der Waals surface area contributed by atoms with Crippen LogP contribution in [0.1, 0.15) is 26.2 Å². The molecule has 0 aromatic rings. The normalized spacial score (nSPS) is 35.8. The lowest BCUT2D eigenvalue weighted by molar-refractivity contribution is -0.136. The Labute approximate surface area is 97.3 Å². The van der Waals surface area contributed by atoms with E-state index in [0.29, 0.717) is 12.0 Å². The topological polar surface area (TPSA) is 41.6 Å². The summed E-state index contributed by atoms with van der Waals surface area (Å²) in [6.45, 7) is 4.75. The van der Waals surface area contributed by atoms with E-state index in [4.69, 9.17) is 4.74 Å². The molecule has 0 spiro atoms. The van der Waals surface area contributed by atoms with Gasteiger partial charge in [0.05, 0.1) is 12.1 Å². The maximum Gasteiger partial charge on any atom is 0.239 e. The highest BCUT2D eigenvalue weighted by Crippen LogP contribution is 2.23. The van der Waals surface area contributed by atoms with E-state index in [9.17, 15) is 4.79 Å². The molecule has 0 radical (unpaired) electrons. The van der Waals surface area contributed by atoms with Crippen LogP contribution in [0.4, 0.5) is 0 Å². The van der Waals surface area contributed by atoms with Gasteiger partial charge in [-0.2, -0.15) is 0 Å². The van der Waals surface area contributed by atoms with Gasteiger partial charge in [0, 0.05) is 25.6 Å². The van der Waals surface area contributed by atoms with Gasteiger partial charge in [-0.1, -0.05) is 0 Å². The summed E-state index contributed by atoms with van der Waals surface area (Å²) in [6.07, 6.45) is 3.49. The third-order valence-corrected chi connectivity index (χ3v) is 3.87. The fraction of sp³-hybridized carbons (Fsp3) is 0.917. The number of ether oxygens (including phenoxy) is 1. The number of hydrogen-bond donors (Lipinski definition) is 1. The summed E-state index contributed by atoms with van der Waals surface area (Å²) in [4.78, 5) is 14.1. The van der Waals surface area contributed by atoms with Crippen LogP contribution in [0.25, 0.3) is 0 Å². The molecule has 0 bridgehead atoms. The highest BCUT2D eigenvalue weighted by molar-refractivity contribution is 5.82. The Bertz CT molecular complexity index is 257. The van der Waals surface area contributed by atoms with Crippen LogP contribution in [0.5, 0.6) is 0 Å². The van der Waals surface area contributed by atoms with Gasteiger partial charge in [0.15, 0.2) is 0 Å². The lowest BCUT2D eigenvalue weighted by Crippen LogP contribution is -2.51. The predicted molar refractivity (Wildman–Crippen MR) is 62.2 cm³/mol. The maximum atomic E-state index is 12.1. The molecule has 0 saturated carbocycles. The summed E-state index contributed by atoms with van der Waals surface area (Å²) in [7, 11) is 1.87. The van der Waals surface area contributed by atoms with Crippen LogP contribution in [0, 0.1) is 5.92 Å². The van der Waals surface area contributed by atoms with Crippen LogP contribution in [0.3, 0.4) is 0 Å². The van der Waals surface area contributed by atoms with Crippen LogP contribution in [-0.4, -0.2) is 49.7 Å². The zero-order valence-corrected chi connectivity index (χ0v) is 10.2. The predicted octanol–water partition coefficient (Wildman–Crippen LogP) is 0.622. The first-order valence-electron chi connectivity index (χ1n) is 6.30. The third-order valence-electron chi connectivity index (χ3n) is 3.87. The van der Waals surface area contributed by atoms with E-state index in [-0.39, 0.29) is 11.9 Å². The van der Waals surface area contributed by atoms with E-state index < -0.39 is 0 Å². The standard InChI is InChI=1S/C12H22N2O2/c1-9-10(5-7-16-9)8-14-6-3-4-11(13-2)12(14)15/h9-11,13H,3-8H2,1-2H3. The Morgan fingerprint density at radius 1 is 1.50 bits per heavy atom. The summed E-state index contributed by atoms with van der Waals surface area (Å²) < 4.78 is 5.54. The van der Waals surface area contributed by atoms with Crippen LogP contribution >= 0.6 is 0 Å². The van der Waals surface area contributed by atoms with Crippen molar-refractivity contribution in [2.75, 3.05) is 26.7 Å². The van der Waals surface area contributed by atoms with Gasteiger partial charge in [-0.05, 0) is 33.2 Å². The van der Waals surface area contributed by atoms with Crippen molar-refractivity contribution in [2.45, 2.75) is 38.3 Å². The van der Waals surface area contributed by atoms with Crippen LogP contribution in [0.15, 0.2) is 0 Å². The Balaban J connectivity index is 1.90. The zero-order valence-electron chi connectivity index (χ0n) is 10.2. The van der Waals surface area contributed by atoms with Gasteiger partial charge in [-0.25, -0.2) is 0 Å². The smallest absolute Gasteiger partial charge is 0.239 e. The largest absolute Gasteiger partial charge is 0.378 e. The fourth-order valence-electron chi connectivity index (χ4n) is 2.69. The van der Waals surface area contributed by atoms with E-state index in [2.05, 4.69) is 12.2 Å². The quantitative estimate of drug-likeness (QED) is 0.767. The number of piperidine rings is 1. The van der Waals surface area contributed by atoms with Crippen molar-refractivity contribution in [1.82, 2.24) is 10.2 Å². The molecular formula is C12H22N2O2. The number of carbonyl (C=O) groups is 1. The van der Waals surface area contributed by atoms with Gasteiger partial charge in [-0.15, -0.1) is 0 Å². The van der Waals surface area contributed by atoms with Crippen molar-refractivity contribution in [1.29, 1.82) is 0 Å². The van der Waals surface area contributed by atoms with E-state index in [0.717, 1.165) is 39.0 Å². The Morgan fingerprint density at radius 3 is 2.94 bits per heavy atom. The lowest BCUT2D eigenvalue weighted by Gasteiger charge is -2.34. The second-order valence-electron chi connectivity index (χ2n) is 4.89. The van der Waals surface area contributed by atoms with Crippen LogP contribution in [-0.2, 0) is 9.53 Å². The van der Waals surface area contributed by atoms with E-state index in [1.807, 2.05) is 11.9 Å². The summed E-state index contributed by atoms with van der Waals surface area (Å²) in [5.74, 6) is 0.799. The van der Waals surface area contributed by atoms with Crippen LogP contribution in [0.2, 0.25) is 0 Å².